The molecule has 0 spiro atoms. The molecular weight excluding hydrogens is 301 g/mol. The number of methoxy groups -OCH3 is 1. The van der Waals surface area contributed by atoms with Gasteiger partial charge >= 0.3 is 12.1 Å². The number of rotatable bonds is 6. The summed E-state index contributed by atoms with van der Waals surface area (Å²) in [5, 5.41) is 0. The van der Waals surface area contributed by atoms with Gasteiger partial charge in [0.25, 0.3) is 0 Å². The molecule has 0 saturated heterocycles. The maximum atomic E-state index is 13.0. The Morgan fingerprint density at radius 2 is 1.91 bits per heavy atom. The monoisotopic (exact) mass is 318 g/mol. The van der Waals surface area contributed by atoms with Crippen molar-refractivity contribution in [2.24, 2.45) is 5.92 Å². The maximum Gasteiger partial charge on any atom is 0.419 e. The Hall–Kier alpha value is -2.05. The van der Waals surface area contributed by atoms with Gasteiger partial charge in [0.2, 0.25) is 0 Å². The molecule has 1 aromatic carbocycles. The fourth-order valence-electron chi connectivity index (χ4n) is 1.98. The smallest absolute Gasteiger partial charge is 0.419 e. The Morgan fingerprint density at radius 3 is 2.36 bits per heavy atom. The molecule has 0 heterocycles. The van der Waals surface area contributed by atoms with Crippen LogP contribution in [0.25, 0.3) is 0 Å². The van der Waals surface area contributed by atoms with Crippen molar-refractivity contribution >= 4 is 11.8 Å². The summed E-state index contributed by atoms with van der Waals surface area (Å²) in [4.78, 5) is 23.2. The summed E-state index contributed by atoms with van der Waals surface area (Å²) in [6.07, 6.45) is -4.74. The van der Waals surface area contributed by atoms with E-state index in [0.29, 0.717) is 0 Å². The molecule has 1 aromatic rings. The minimum absolute atomic E-state index is 0.0963. The summed E-state index contributed by atoms with van der Waals surface area (Å²) >= 11 is 0. The summed E-state index contributed by atoms with van der Waals surface area (Å²) in [6, 6.07) is 3.44. The lowest BCUT2D eigenvalue weighted by atomic mass is 9.94. The fraction of sp³-hybridized carbons (Fsp3) is 0.467. The van der Waals surface area contributed by atoms with Crippen molar-refractivity contribution in [3.05, 3.63) is 29.3 Å². The standard InChI is InChI=1S/C15H17F3O4/c1-4-22-14(20)11(9(2)19)7-10-5-6-13(21-3)12(8-10)15(16,17)18/h5-6,8,11H,4,7H2,1-3H3. The second-order valence-corrected chi connectivity index (χ2v) is 4.65. The van der Waals surface area contributed by atoms with Crippen LogP contribution in [0.5, 0.6) is 5.75 Å². The van der Waals surface area contributed by atoms with E-state index < -0.39 is 29.4 Å². The van der Waals surface area contributed by atoms with Crippen LogP contribution in [0, 0.1) is 5.92 Å². The van der Waals surface area contributed by atoms with Crippen LogP contribution < -0.4 is 4.74 Å². The number of Topliss-reactive ketones (excluding diaryl/α,β-unsaturated/α-hetero) is 1. The van der Waals surface area contributed by atoms with Crippen molar-refractivity contribution in [3.8, 4) is 5.75 Å². The number of hydrogen-bond donors (Lipinski definition) is 0. The first-order chi connectivity index (χ1) is 10.2. The third-order valence-electron chi connectivity index (χ3n) is 3.07. The number of halogens is 3. The molecule has 7 heteroatoms. The van der Waals surface area contributed by atoms with Gasteiger partial charge in [-0.25, -0.2) is 0 Å². The van der Waals surface area contributed by atoms with Gasteiger partial charge in [-0.2, -0.15) is 13.2 Å². The number of ether oxygens (including phenoxy) is 2. The lowest BCUT2D eigenvalue weighted by molar-refractivity contribution is -0.151. The lowest BCUT2D eigenvalue weighted by Crippen LogP contribution is -2.26. The van der Waals surface area contributed by atoms with E-state index in [1.807, 2.05) is 0 Å². The number of ketones is 1. The molecule has 0 N–H and O–H groups in total. The van der Waals surface area contributed by atoms with Gasteiger partial charge in [0, 0.05) is 0 Å². The van der Waals surface area contributed by atoms with E-state index in [-0.39, 0.29) is 24.3 Å². The highest BCUT2D eigenvalue weighted by Crippen LogP contribution is 2.37. The van der Waals surface area contributed by atoms with Crippen LogP contribution in [0.4, 0.5) is 13.2 Å². The molecule has 0 amide bonds. The van der Waals surface area contributed by atoms with Gasteiger partial charge in [0.05, 0.1) is 19.3 Å². The third-order valence-corrected chi connectivity index (χ3v) is 3.07. The summed E-state index contributed by atoms with van der Waals surface area (Å²) in [5.74, 6) is -2.62. The fourth-order valence-corrected chi connectivity index (χ4v) is 1.98. The molecule has 0 radical (unpaired) electrons. The van der Waals surface area contributed by atoms with Crippen LogP contribution in [-0.2, 0) is 26.9 Å². The number of benzene rings is 1. The van der Waals surface area contributed by atoms with Gasteiger partial charge in [0.15, 0.2) is 0 Å². The van der Waals surface area contributed by atoms with Crippen molar-refractivity contribution in [2.75, 3.05) is 13.7 Å². The van der Waals surface area contributed by atoms with Crippen LogP contribution in [0.2, 0.25) is 0 Å². The molecule has 0 saturated carbocycles. The van der Waals surface area contributed by atoms with Crippen molar-refractivity contribution in [1.29, 1.82) is 0 Å². The summed E-state index contributed by atoms with van der Waals surface area (Å²) in [6.45, 7) is 2.89. The average molecular weight is 318 g/mol. The van der Waals surface area contributed by atoms with E-state index in [9.17, 15) is 22.8 Å². The van der Waals surface area contributed by atoms with E-state index in [0.717, 1.165) is 13.2 Å². The van der Waals surface area contributed by atoms with Gasteiger partial charge in [-0.05, 0) is 38.0 Å². The quantitative estimate of drug-likeness (QED) is 0.597. The molecular formula is C15H17F3O4. The molecule has 4 nitrogen and oxygen atoms in total. The normalized spacial score (nSPS) is 12.6. The van der Waals surface area contributed by atoms with E-state index in [1.54, 1.807) is 6.92 Å². The first-order valence-corrected chi connectivity index (χ1v) is 6.61. The van der Waals surface area contributed by atoms with Crippen molar-refractivity contribution in [2.45, 2.75) is 26.4 Å². The third kappa shape index (κ3) is 4.47. The number of esters is 1. The van der Waals surface area contributed by atoms with Crippen LogP contribution >= 0.6 is 0 Å². The predicted octanol–water partition coefficient (Wildman–Crippen LogP) is 3.02. The van der Waals surface area contributed by atoms with E-state index >= 15 is 0 Å². The van der Waals surface area contributed by atoms with Gasteiger partial charge in [-0.1, -0.05) is 6.07 Å². The summed E-state index contributed by atoms with van der Waals surface area (Å²) in [5.41, 5.74) is -0.736. The SMILES string of the molecule is CCOC(=O)C(Cc1ccc(OC)c(C(F)(F)F)c1)C(C)=O. The highest BCUT2D eigenvalue weighted by atomic mass is 19.4. The second kappa shape index (κ2) is 7.29. The Kier molecular flexibility index (Phi) is 5.96. The van der Waals surface area contributed by atoms with Crippen LogP contribution in [0.3, 0.4) is 0 Å². The van der Waals surface area contributed by atoms with Crippen LogP contribution in [0.15, 0.2) is 18.2 Å². The molecule has 1 atom stereocenters. The Bertz CT molecular complexity index is 552. The average Bonchev–Trinajstić information content (AvgIpc) is 2.43. The minimum atomic E-state index is -4.59. The first kappa shape index (κ1) is 18.0. The van der Waals surface area contributed by atoms with Gasteiger partial charge in [-0.3, -0.25) is 9.59 Å². The first-order valence-electron chi connectivity index (χ1n) is 6.61. The van der Waals surface area contributed by atoms with Gasteiger partial charge in [-0.15, -0.1) is 0 Å². The Balaban J connectivity index is 3.11. The van der Waals surface area contributed by atoms with Crippen molar-refractivity contribution in [1.82, 2.24) is 0 Å². The second-order valence-electron chi connectivity index (χ2n) is 4.65. The summed E-state index contributed by atoms with van der Waals surface area (Å²) in [7, 11) is 1.14. The number of hydrogen-bond acceptors (Lipinski definition) is 4. The largest absolute Gasteiger partial charge is 0.496 e. The molecule has 0 aliphatic rings. The molecule has 0 bridgehead atoms. The van der Waals surface area contributed by atoms with Gasteiger partial charge < -0.3 is 9.47 Å². The molecule has 0 fully saturated rings. The molecule has 0 aliphatic carbocycles. The number of carbonyl (C=O) groups is 2. The number of carbonyl (C=O) groups excluding carboxylic acids is 2. The molecule has 1 rings (SSSR count). The highest BCUT2D eigenvalue weighted by molar-refractivity contribution is 5.98. The number of alkyl halides is 3. The lowest BCUT2D eigenvalue weighted by Gasteiger charge is -2.16. The van der Waals surface area contributed by atoms with E-state index in [2.05, 4.69) is 4.74 Å². The van der Waals surface area contributed by atoms with Crippen molar-refractivity contribution in [3.63, 3.8) is 0 Å². The zero-order valence-electron chi connectivity index (χ0n) is 12.5. The Labute approximate surface area is 126 Å². The zero-order valence-corrected chi connectivity index (χ0v) is 12.5. The molecule has 1 unspecified atom stereocenters. The zero-order chi connectivity index (χ0) is 16.9. The maximum absolute atomic E-state index is 13.0. The van der Waals surface area contributed by atoms with Crippen LogP contribution in [0.1, 0.15) is 25.0 Å². The van der Waals surface area contributed by atoms with E-state index in [1.165, 1.54) is 19.1 Å². The predicted molar refractivity (Wildman–Crippen MR) is 72.5 cm³/mol. The highest BCUT2D eigenvalue weighted by Gasteiger charge is 2.35. The summed E-state index contributed by atoms with van der Waals surface area (Å²) < 4.78 is 48.3. The van der Waals surface area contributed by atoms with E-state index in [4.69, 9.17) is 4.74 Å². The molecule has 122 valence electrons. The molecule has 0 aromatic heterocycles. The van der Waals surface area contributed by atoms with Crippen molar-refractivity contribution < 1.29 is 32.2 Å². The Morgan fingerprint density at radius 1 is 1.27 bits per heavy atom. The minimum Gasteiger partial charge on any atom is -0.496 e. The molecule has 0 aliphatic heterocycles. The topological polar surface area (TPSA) is 52.6 Å². The molecule has 22 heavy (non-hydrogen) atoms. The van der Waals surface area contributed by atoms with Crippen LogP contribution in [-0.4, -0.2) is 25.5 Å². The van der Waals surface area contributed by atoms with Gasteiger partial charge in [0.1, 0.15) is 17.5 Å².